The largest absolute Gasteiger partial charge is 0.465 e. The van der Waals surface area contributed by atoms with Gasteiger partial charge in [0.1, 0.15) is 0 Å². The van der Waals surface area contributed by atoms with Crippen molar-refractivity contribution in [1.29, 1.82) is 0 Å². The summed E-state index contributed by atoms with van der Waals surface area (Å²) in [5.41, 5.74) is 1.40. The summed E-state index contributed by atoms with van der Waals surface area (Å²) in [7, 11) is -2.66. The number of nitrogens with zero attached hydrogens (tertiary/aromatic N) is 2. The zero-order chi connectivity index (χ0) is 19.4. The fourth-order valence-electron chi connectivity index (χ4n) is 2.40. The molecular formula is C18H17N3O5S. The lowest BCUT2D eigenvalue weighted by Gasteiger charge is -2.09. The van der Waals surface area contributed by atoms with E-state index in [1.165, 1.54) is 19.2 Å². The van der Waals surface area contributed by atoms with Crippen LogP contribution in [0, 0.1) is 6.92 Å². The Balaban J connectivity index is 1.78. The standard InChI is InChI=1S/C18H17N3O5S/c1-12-8-9-14(18(22)25-2)10-15(12)27(23,24)19-11-16-20-17(21-26-16)13-6-4-3-5-7-13/h3-10,19H,11H2,1-2H3. The highest BCUT2D eigenvalue weighted by molar-refractivity contribution is 7.89. The van der Waals surface area contributed by atoms with Crippen molar-refractivity contribution in [2.24, 2.45) is 0 Å². The molecule has 0 aliphatic rings. The van der Waals surface area contributed by atoms with Crippen molar-refractivity contribution >= 4 is 16.0 Å². The topological polar surface area (TPSA) is 111 Å². The summed E-state index contributed by atoms with van der Waals surface area (Å²) >= 11 is 0. The fourth-order valence-corrected chi connectivity index (χ4v) is 3.64. The lowest BCUT2D eigenvalue weighted by molar-refractivity contribution is 0.0600. The molecule has 0 bridgehead atoms. The molecule has 27 heavy (non-hydrogen) atoms. The molecule has 0 aliphatic carbocycles. The highest BCUT2D eigenvalue weighted by Gasteiger charge is 2.20. The van der Waals surface area contributed by atoms with E-state index < -0.39 is 16.0 Å². The van der Waals surface area contributed by atoms with Gasteiger partial charge in [-0.15, -0.1) is 0 Å². The number of nitrogens with one attached hydrogen (secondary N) is 1. The Morgan fingerprint density at radius 3 is 2.63 bits per heavy atom. The summed E-state index contributed by atoms with van der Waals surface area (Å²) in [4.78, 5) is 15.8. The predicted molar refractivity (Wildman–Crippen MR) is 96.3 cm³/mol. The Kier molecular flexibility index (Phi) is 5.33. The quantitative estimate of drug-likeness (QED) is 0.646. The second-order valence-electron chi connectivity index (χ2n) is 5.67. The summed E-state index contributed by atoms with van der Waals surface area (Å²) in [5, 5.41) is 3.84. The molecule has 0 fully saturated rings. The van der Waals surface area contributed by atoms with E-state index in [2.05, 4.69) is 19.6 Å². The highest BCUT2D eigenvalue weighted by atomic mass is 32.2. The molecule has 8 nitrogen and oxygen atoms in total. The number of hydrogen-bond donors (Lipinski definition) is 1. The molecule has 0 aliphatic heterocycles. The molecule has 0 radical (unpaired) electrons. The molecule has 1 heterocycles. The van der Waals surface area contributed by atoms with Crippen LogP contribution in [0.5, 0.6) is 0 Å². The van der Waals surface area contributed by atoms with Crippen molar-refractivity contribution in [3.8, 4) is 11.4 Å². The third-order valence-corrected chi connectivity index (χ3v) is 5.36. The van der Waals surface area contributed by atoms with Crippen LogP contribution in [-0.4, -0.2) is 31.6 Å². The number of rotatable bonds is 6. The minimum atomic E-state index is -3.89. The Morgan fingerprint density at radius 1 is 1.19 bits per heavy atom. The Morgan fingerprint density at radius 2 is 1.93 bits per heavy atom. The maximum atomic E-state index is 12.6. The molecule has 140 valence electrons. The van der Waals surface area contributed by atoms with Crippen LogP contribution in [-0.2, 0) is 21.3 Å². The molecule has 1 aromatic heterocycles. The van der Waals surface area contributed by atoms with Crippen molar-refractivity contribution in [2.75, 3.05) is 7.11 Å². The van der Waals surface area contributed by atoms with Crippen LogP contribution in [0.15, 0.2) is 57.9 Å². The van der Waals surface area contributed by atoms with E-state index in [-0.39, 0.29) is 22.9 Å². The SMILES string of the molecule is COC(=O)c1ccc(C)c(S(=O)(=O)NCc2nc(-c3ccccc3)no2)c1. The summed E-state index contributed by atoms with van der Waals surface area (Å²) in [6.45, 7) is 1.46. The summed E-state index contributed by atoms with van der Waals surface area (Å²) in [6.07, 6.45) is 0. The zero-order valence-electron chi connectivity index (χ0n) is 14.7. The Labute approximate surface area is 156 Å². The van der Waals surface area contributed by atoms with E-state index in [4.69, 9.17) is 4.52 Å². The smallest absolute Gasteiger partial charge is 0.337 e. The number of benzene rings is 2. The lowest BCUT2D eigenvalue weighted by Crippen LogP contribution is -2.24. The number of aryl methyl sites for hydroxylation is 1. The van der Waals surface area contributed by atoms with Gasteiger partial charge in [-0.05, 0) is 24.6 Å². The second-order valence-corrected chi connectivity index (χ2v) is 7.41. The van der Waals surface area contributed by atoms with Gasteiger partial charge in [0.2, 0.25) is 21.7 Å². The van der Waals surface area contributed by atoms with Crippen LogP contribution in [0.2, 0.25) is 0 Å². The van der Waals surface area contributed by atoms with E-state index in [0.717, 1.165) is 5.56 Å². The molecule has 2 aromatic carbocycles. The van der Waals surface area contributed by atoms with Crippen molar-refractivity contribution in [2.45, 2.75) is 18.4 Å². The van der Waals surface area contributed by atoms with E-state index in [1.807, 2.05) is 30.3 Å². The molecular weight excluding hydrogens is 370 g/mol. The van der Waals surface area contributed by atoms with Gasteiger partial charge >= 0.3 is 5.97 Å². The molecule has 0 saturated carbocycles. The predicted octanol–water partition coefficient (Wildman–Crippen LogP) is 2.31. The number of carbonyl (C=O) groups is 1. The van der Waals surface area contributed by atoms with Crippen LogP contribution < -0.4 is 4.72 Å². The number of methoxy groups -OCH3 is 1. The molecule has 3 rings (SSSR count). The zero-order valence-corrected chi connectivity index (χ0v) is 15.5. The molecule has 0 unspecified atom stereocenters. The monoisotopic (exact) mass is 387 g/mol. The normalized spacial score (nSPS) is 11.3. The van der Waals surface area contributed by atoms with Gasteiger partial charge in [0.15, 0.2) is 0 Å². The third kappa shape index (κ3) is 4.21. The van der Waals surface area contributed by atoms with E-state index >= 15 is 0 Å². The summed E-state index contributed by atoms with van der Waals surface area (Å²) in [6, 6.07) is 13.5. The first-order chi connectivity index (χ1) is 12.9. The number of hydrogen-bond acceptors (Lipinski definition) is 7. The number of ether oxygens (including phenoxy) is 1. The molecule has 9 heteroatoms. The van der Waals surface area contributed by atoms with Gasteiger partial charge < -0.3 is 9.26 Å². The van der Waals surface area contributed by atoms with Crippen molar-refractivity contribution in [1.82, 2.24) is 14.9 Å². The summed E-state index contributed by atoms with van der Waals surface area (Å²) in [5.74, 6) is -0.122. The molecule has 0 saturated heterocycles. The van der Waals surface area contributed by atoms with Crippen molar-refractivity contribution in [3.63, 3.8) is 0 Å². The minimum absolute atomic E-state index is 0.0202. The van der Waals surface area contributed by atoms with Gasteiger partial charge in [-0.3, -0.25) is 0 Å². The first-order valence-corrected chi connectivity index (χ1v) is 9.45. The van der Waals surface area contributed by atoms with Crippen LogP contribution in [0.4, 0.5) is 0 Å². The van der Waals surface area contributed by atoms with Crippen LogP contribution in [0.3, 0.4) is 0 Å². The number of aromatic nitrogens is 2. The molecule has 0 spiro atoms. The van der Waals surface area contributed by atoms with Gasteiger partial charge in [-0.25, -0.2) is 17.9 Å². The Bertz CT molecular complexity index is 1060. The lowest BCUT2D eigenvalue weighted by atomic mass is 10.1. The average Bonchev–Trinajstić information content (AvgIpc) is 3.16. The van der Waals surface area contributed by atoms with Crippen LogP contribution >= 0.6 is 0 Å². The van der Waals surface area contributed by atoms with Crippen molar-refractivity contribution < 1.29 is 22.5 Å². The molecule has 1 N–H and O–H groups in total. The van der Waals surface area contributed by atoms with Crippen LogP contribution in [0.1, 0.15) is 21.8 Å². The first kappa shape index (κ1) is 18.7. The summed E-state index contributed by atoms with van der Waals surface area (Å²) < 4.78 is 37.4. The first-order valence-electron chi connectivity index (χ1n) is 7.97. The number of carbonyl (C=O) groups excluding carboxylic acids is 1. The Hall–Kier alpha value is -3.04. The van der Waals surface area contributed by atoms with Gasteiger partial charge in [-0.2, -0.15) is 4.98 Å². The van der Waals surface area contributed by atoms with Gasteiger partial charge in [0, 0.05) is 5.56 Å². The van der Waals surface area contributed by atoms with Gasteiger partial charge in [0.25, 0.3) is 0 Å². The average molecular weight is 387 g/mol. The van der Waals surface area contributed by atoms with E-state index in [9.17, 15) is 13.2 Å². The maximum absolute atomic E-state index is 12.6. The van der Waals surface area contributed by atoms with Gasteiger partial charge in [-0.1, -0.05) is 41.6 Å². The highest BCUT2D eigenvalue weighted by Crippen LogP contribution is 2.19. The second kappa shape index (κ2) is 7.68. The molecule has 0 amide bonds. The molecule has 3 aromatic rings. The maximum Gasteiger partial charge on any atom is 0.337 e. The number of esters is 1. The fraction of sp³-hybridized carbons (Fsp3) is 0.167. The van der Waals surface area contributed by atoms with Crippen LogP contribution in [0.25, 0.3) is 11.4 Å². The van der Waals surface area contributed by atoms with E-state index in [1.54, 1.807) is 13.0 Å². The minimum Gasteiger partial charge on any atom is -0.465 e. The molecule has 0 atom stereocenters. The van der Waals surface area contributed by atoms with E-state index in [0.29, 0.717) is 11.4 Å². The number of sulfonamides is 1. The third-order valence-electron chi connectivity index (χ3n) is 3.81. The van der Waals surface area contributed by atoms with Gasteiger partial charge in [0.05, 0.1) is 24.1 Å². The van der Waals surface area contributed by atoms with Crippen molar-refractivity contribution in [3.05, 3.63) is 65.5 Å².